The second kappa shape index (κ2) is 4.82. The van der Waals surface area contributed by atoms with E-state index < -0.39 is 15.9 Å². The minimum atomic E-state index is -3.92. The molecule has 0 radical (unpaired) electrons. The maximum absolute atomic E-state index is 11.9. The summed E-state index contributed by atoms with van der Waals surface area (Å²) in [6.07, 6.45) is 1.13. The first-order valence-electron chi connectivity index (χ1n) is 5.23. The number of para-hydroxylation sites is 1. The Bertz CT molecular complexity index is 721. The standard InChI is InChI=1S/C11H11N3O4S/c1-7-10(18-6-13-7)11(15)14-8-4-2-3-5-9(8)19(12,16)17/h2-6H,1H3,(H,14,15)(H2,12,16,17). The number of benzene rings is 1. The highest BCUT2D eigenvalue weighted by Crippen LogP contribution is 2.20. The van der Waals surface area contributed by atoms with Crippen molar-refractivity contribution in [2.45, 2.75) is 11.8 Å². The molecule has 0 aliphatic carbocycles. The van der Waals surface area contributed by atoms with Crippen LogP contribution < -0.4 is 10.5 Å². The summed E-state index contributed by atoms with van der Waals surface area (Å²) >= 11 is 0. The molecule has 1 aromatic heterocycles. The van der Waals surface area contributed by atoms with E-state index in [4.69, 9.17) is 9.56 Å². The molecule has 19 heavy (non-hydrogen) atoms. The number of hydrogen-bond donors (Lipinski definition) is 2. The first-order chi connectivity index (χ1) is 8.89. The number of hydrogen-bond acceptors (Lipinski definition) is 5. The van der Waals surface area contributed by atoms with Gasteiger partial charge in [-0.1, -0.05) is 12.1 Å². The molecule has 100 valence electrons. The van der Waals surface area contributed by atoms with E-state index in [9.17, 15) is 13.2 Å². The summed E-state index contributed by atoms with van der Waals surface area (Å²) in [5, 5.41) is 7.50. The number of aromatic nitrogens is 1. The second-order valence-electron chi connectivity index (χ2n) is 3.76. The van der Waals surface area contributed by atoms with Gasteiger partial charge in [-0.15, -0.1) is 0 Å². The molecule has 3 N–H and O–H groups in total. The Kier molecular flexibility index (Phi) is 3.36. The summed E-state index contributed by atoms with van der Waals surface area (Å²) in [6.45, 7) is 1.60. The molecule has 1 heterocycles. The van der Waals surface area contributed by atoms with Crippen LogP contribution >= 0.6 is 0 Å². The number of oxazole rings is 1. The van der Waals surface area contributed by atoms with Gasteiger partial charge in [0.15, 0.2) is 6.39 Å². The number of carbonyl (C=O) groups excluding carboxylic acids is 1. The summed E-state index contributed by atoms with van der Waals surface area (Å²) in [4.78, 5) is 15.5. The Morgan fingerprint density at radius 1 is 1.37 bits per heavy atom. The molecule has 1 aromatic carbocycles. The molecule has 1 amide bonds. The predicted octanol–water partition coefficient (Wildman–Crippen LogP) is 0.883. The molecule has 0 aliphatic rings. The third-order valence-electron chi connectivity index (χ3n) is 2.39. The van der Waals surface area contributed by atoms with Crippen LogP contribution in [0.25, 0.3) is 0 Å². The monoisotopic (exact) mass is 281 g/mol. The topological polar surface area (TPSA) is 115 Å². The Hall–Kier alpha value is -2.19. The Morgan fingerprint density at radius 2 is 2.05 bits per heavy atom. The fourth-order valence-electron chi connectivity index (χ4n) is 1.52. The summed E-state index contributed by atoms with van der Waals surface area (Å²) < 4.78 is 27.7. The molecular weight excluding hydrogens is 270 g/mol. The summed E-state index contributed by atoms with van der Waals surface area (Å²) in [5.74, 6) is -0.574. The maximum Gasteiger partial charge on any atom is 0.293 e. The van der Waals surface area contributed by atoms with Gasteiger partial charge in [0.05, 0.1) is 11.4 Å². The number of nitrogens with zero attached hydrogens (tertiary/aromatic N) is 1. The largest absolute Gasteiger partial charge is 0.438 e. The molecule has 0 saturated heterocycles. The smallest absolute Gasteiger partial charge is 0.293 e. The van der Waals surface area contributed by atoms with Gasteiger partial charge in [0.1, 0.15) is 4.90 Å². The molecule has 7 nitrogen and oxygen atoms in total. The maximum atomic E-state index is 11.9. The van der Waals surface area contributed by atoms with E-state index in [0.29, 0.717) is 5.69 Å². The highest BCUT2D eigenvalue weighted by molar-refractivity contribution is 7.89. The number of nitrogens with one attached hydrogen (secondary N) is 1. The minimum Gasteiger partial charge on any atom is -0.438 e. The lowest BCUT2D eigenvalue weighted by atomic mass is 10.3. The number of anilines is 1. The Labute approximate surface area is 109 Å². The number of primary sulfonamides is 1. The number of nitrogens with two attached hydrogens (primary N) is 1. The van der Waals surface area contributed by atoms with Crippen molar-refractivity contribution in [1.29, 1.82) is 0 Å². The number of sulfonamides is 1. The van der Waals surface area contributed by atoms with Gasteiger partial charge in [-0.3, -0.25) is 4.79 Å². The van der Waals surface area contributed by atoms with Crippen molar-refractivity contribution >= 4 is 21.6 Å². The minimum absolute atomic E-state index is 0.0178. The van der Waals surface area contributed by atoms with Crippen LogP contribution in [0.2, 0.25) is 0 Å². The van der Waals surface area contributed by atoms with Gasteiger partial charge in [0.25, 0.3) is 5.91 Å². The number of rotatable bonds is 3. The highest BCUT2D eigenvalue weighted by Gasteiger charge is 2.18. The summed E-state index contributed by atoms with van der Waals surface area (Å²) in [6, 6.07) is 5.83. The van der Waals surface area contributed by atoms with E-state index >= 15 is 0 Å². The van der Waals surface area contributed by atoms with Gasteiger partial charge in [-0.05, 0) is 19.1 Å². The van der Waals surface area contributed by atoms with Crippen LogP contribution in [0.3, 0.4) is 0 Å². The van der Waals surface area contributed by atoms with Gasteiger partial charge in [-0.25, -0.2) is 18.5 Å². The summed E-state index contributed by atoms with van der Waals surface area (Å²) in [5.41, 5.74) is 0.497. The summed E-state index contributed by atoms with van der Waals surface area (Å²) in [7, 11) is -3.92. The molecule has 8 heteroatoms. The van der Waals surface area contributed by atoms with E-state index in [1.165, 1.54) is 18.2 Å². The van der Waals surface area contributed by atoms with Crippen LogP contribution in [-0.2, 0) is 10.0 Å². The van der Waals surface area contributed by atoms with Crippen LogP contribution in [0.5, 0.6) is 0 Å². The third-order valence-corrected chi connectivity index (χ3v) is 3.36. The molecule has 0 saturated carbocycles. The lowest BCUT2D eigenvalue weighted by Crippen LogP contribution is -2.18. The fourth-order valence-corrected chi connectivity index (χ4v) is 2.21. The molecule has 0 unspecified atom stereocenters. The first kappa shape index (κ1) is 13.2. The molecular formula is C11H11N3O4S. The van der Waals surface area contributed by atoms with Crippen molar-refractivity contribution < 1.29 is 17.6 Å². The molecule has 2 aromatic rings. The van der Waals surface area contributed by atoms with Gasteiger partial charge < -0.3 is 9.73 Å². The van der Waals surface area contributed by atoms with Crippen LogP contribution in [-0.4, -0.2) is 19.3 Å². The first-order valence-corrected chi connectivity index (χ1v) is 6.77. The van der Waals surface area contributed by atoms with Crippen molar-refractivity contribution in [2.75, 3.05) is 5.32 Å². The van der Waals surface area contributed by atoms with Crippen molar-refractivity contribution in [3.8, 4) is 0 Å². The van der Waals surface area contributed by atoms with Crippen LogP contribution in [0.1, 0.15) is 16.2 Å². The van der Waals surface area contributed by atoms with E-state index in [1.807, 2.05) is 0 Å². The zero-order chi connectivity index (χ0) is 14.0. The average molecular weight is 281 g/mol. The number of carbonyl (C=O) groups is 1. The van der Waals surface area contributed by atoms with Crippen LogP contribution in [0, 0.1) is 6.92 Å². The lowest BCUT2D eigenvalue weighted by Gasteiger charge is -2.08. The number of amides is 1. The molecule has 0 fully saturated rings. The van der Waals surface area contributed by atoms with Crippen molar-refractivity contribution in [1.82, 2.24) is 4.98 Å². The van der Waals surface area contributed by atoms with Gasteiger partial charge in [0, 0.05) is 0 Å². The molecule has 0 spiro atoms. The Morgan fingerprint density at radius 3 is 2.63 bits per heavy atom. The third kappa shape index (κ3) is 2.80. The SMILES string of the molecule is Cc1ncoc1C(=O)Nc1ccccc1S(N)(=O)=O. The Balaban J connectivity index is 2.35. The van der Waals surface area contributed by atoms with E-state index in [2.05, 4.69) is 10.3 Å². The zero-order valence-corrected chi connectivity index (χ0v) is 10.8. The molecule has 0 bridgehead atoms. The van der Waals surface area contributed by atoms with E-state index in [1.54, 1.807) is 13.0 Å². The van der Waals surface area contributed by atoms with E-state index in [-0.39, 0.29) is 16.3 Å². The molecule has 2 rings (SSSR count). The van der Waals surface area contributed by atoms with Crippen molar-refractivity contribution in [3.05, 3.63) is 42.1 Å². The quantitative estimate of drug-likeness (QED) is 0.866. The van der Waals surface area contributed by atoms with Crippen molar-refractivity contribution in [3.63, 3.8) is 0 Å². The van der Waals surface area contributed by atoms with Gasteiger partial charge >= 0.3 is 0 Å². The fraction of sp³-hybridized carbons (Fsp3) is 0.0909. The molecule has 0 atom stereocenters. The van der Waals surface area contributed by atoms with Crippen LogP contribution in [0.4, 0.5) is 5.69 Å². The second-order valence-corrected chi connectivity index (χ2v) is 5.29. The molecule has 0 aliphatic heterocycles. The lowest BCUT2D eigenvalue weighted by molar-refractivity contribution is 0.0995. The zero-order valence-electron chi connectivity index (χ0n) is 9.95. The van der Waals surface area contributed by atoms with E-state index in [0.717, 1.165) is 6.39 Å². The highest BCUT2D eigenvalue weighted by atomic mass is 32.2. The average Bonchev–Trinajstić information content (AvgIpc) is 2.75. The normalized spacial score (nSPS) is 11.3. The predicted molar refractivity (Wildman–Crippen MR) is 67.0 cm³/mol. The van der Waals surface area contributed by atoms with Crippen molar-refractivity contribution in [2.24, 2.45) is 5.14 Å². The van der Waals surface area contributed by atoms with Gasteiger partial charge in [-0.2, -0.15) is 0 Å². The van der Waals surface area contributed by atoms with Crippen LogP contribution in [0.15, 0.2) is 40.0 Å². The van der Waals surface area contributed by atoms with Gasteiger partial charge in [0.2, 0.25) is 15.8 Å². The number of aryl methyl sites for hydroxylation is 1.